The fourth-order valence-electron chi connectivity index (χ4n) is 2.29. The maximum Gasteiger partial charge on any atom is 0.133 e. The molecule has 0 aliphatic heterocycles. The summed E-state index contributed by atoms with van der Waals surface area (Å²) in [5.74, 6) is 0.827. The van der Waals surface area contributed by atoms with E-state index in [1.54, 1.807) is 0 Å². The predicted molar refractivity (Wildman–Crippen MR) is 70.8 cm³/mol. The van der Waals surface area contributed by atoms with Crippen LogP contribution < -0.4 is 4.74 Å². The molecular weight excluding hydrogens is 278 g/mol. The standard InChI is InChI=1S/C14H16BrNO/c15-12-6-2-3-7-13(12)17-11-14(10-16)8-4-1-5-9-14/h2-3,6-7H,1,4-5,8-9,11H2. The maximum atomic E-state index is 9.35. The van der Waals surface area contributed by atoms with Crippen molar-refractivity contribution in [2.24, 2.45) is 5.41 Å². The summed E-state index contributed by atoms with van der Waals surface area (Å²) in [6, 6.07) is 10.2. The van der Waals surface area contributed by atoms with Gasteiger partial charge in [-0.25, -0.2) is 0 Å². The molecule has 2 nitrogen and oxygen atoms in total. The van der Waals surface area contributed by atoms with Crippen molar-refractivity contribution in [2.75, 3.05) is 6.61 Å². The molecule has 0 bridgehead atoms. The lowest BCUT2D eigenvalue weighted by atomic mass is 9.76. The van der Waals surface area contributed by atoms with Gasteiger partial charge in [-0.15, -0.1) is 0 Å². The Morgan fingerprint density at radius 1 is 1.24 bits per heavy atom. The van der Waals surface area contributed by atoms with Gasteiger partial charge >= 0.3 is 0 Å². The van der Waals surface area contributed by atoms with E-state index in [1.807, 2.05) is 24.3 Å². The Balaban J connectivity index is 2.01. The van der Waals surface area contributed by atoms with Crippen LogP contribution in [0.1, 0.15) is 32.1 Å². The van der Waals surface area contributed by atoms with Gasteiger partial charge in [0.25, 0.3) is 0 Å². The molecule has 0 amide bonds. The van der Waals surface area contributed by atoms with Crippen LogP contribution in [0.25, 0.3) is 0 Å². The van der Waals surface area contributed by atoms with Gasteiger partial charge in [0.2, 0.25) is 0 Å². The van der Waals surface area contributed by atoms with Crippen LogP contribution in [0.2, 0.25) is 0 Å². The van der Waals surface area contributed by atoms with Crippen LogP contribution in [0.4, 0.5) is 0 Å². The van der Waals surface area contributed by atoms with Crippen LogP contribution in [0.5, 0.6) is 5.75 Å². The summed E-state index contributed by atoms with van der Waals surface area (Å²) in [5, 5.41) is 9.35. The second kappa shape index (κ2) is 5.55. The van der Waals surface area contributed by atoms with Crippen molar-refractivity contribution in [1.29, 1.82) is 5.26 Å². The molecule has 2 rings (SSSR count). The molecule has 0 atom stereocenters. The van der Waals surface area contributed by atoms with Crippen LogP contribution in [-0.4, -0.2) is 6.61 Å². The van der Waals surface area contributed by atoms with Crippen molar-refractivity contribution in [3.8, 4) is 11.8 Å². The molecule has 0 saturated heterocycles. The Hall–Kier alpha value is -1.01. The van der Waals surface area contributed by atoms with Crippen LogP contribution in [0, 0.1) is 16.7 Å². The quantitative estimate of drug-likeness (QED) is 0.832. The normalized spacial score (nSPS) is 18.4. The van der Waals surface area contributed by atoms with E-state index in [2.05, 4.69) is 22.0 Å². The smallest absolute Gasteiger partial charge is 0.133 e. The third-order valence-electron chi connectivity index (χ3n) is 3.39. The van der Waals surface area contributed by atoms with Crippen molar-refractivity contribution >= 4 is 15.9 Å². The molecule has 90 valence electrons. The molecule has 0 radical (unpaired) electrons. The molecule has 0 heterocycles. The molecule has 1 aromatic carbocycles. The summed E-state index contributed by atoms with van der Waals surface area (Å²) in [6.45, 7) is 0.506. The number of hydrogen-bond donors (Lipinski definition) is 0. The zero-order valence-corrected chi connectivity index (χ0v) is 11.4. The predicted octanol–water partition coefficient (Wildman–Crippen LogP) is 4.30. The third-order valence-corrected chi connectivity index (χ3v) is 4.04. The molecular formula is C14H16BrNO. The highest BCUT2D eigenvalue weighted by molar-refractivity contribution is 9.10. The van der Waals surface area contributed by atoms with E-state index in [-0.39, 0.29) is 5.41 Å². The monoisotopic (exact) mass is 293 g/mol. The fourth-order valence-corrected chi connectivity index (χ4v) is 2.69. The highest BCUT2D eigenvalue weighted by Crippen LogP contribution is 2.37. The Bertz CT molecular complexity index is 418. The molecule has 1 aromatic rings. The fraction of sp³-hybridized carbons (Fsp3) is 0.500. The van der Waals surface area contributed by atoms with Gasteiger partial charge in [-0.1, -0.05) is 31.4 Å². The van der Waals surface area contributed by atoms with Gasteiger partial charge < -0.3 is 4.74 Å². The molecule has 3 heteroatoms. The van der Waals surface area contributed by atoms with E-state index in [0.717, 1.165) is 35.9 Å². The summed E-state index contributed by atoms with van der Waals surface area (Å²) >= 11 is 3.45. The van der Waals surface area contributed by atoms with E-state index in [4.69, 9.17) is 4.74 Å². The molecule has 0 N–H and O–H groups in total. The minimum absolute atomic E-state index is 0.270. The van der Waals surface area contributed by atoms with Gasteiger partial charge in [-0.2, -0.15) is 5.26 Å². The van der Waals surface area contributed by atoms with Crippen LogP contribution in [0.15, 0.2) is 28.7 Å². The molecule has 1 aliphatic carbocycles. The van der Waals surface area contributed by atoms with Crippen LogP contribution >= 0.6 is 15.9 Å². The van der Waals surface area contributed by atoms with Crippen molar-refractivity contribution < 1.29 is 4.74 Å². The molecule has 1 saturated carbocycles. The number of nitrogens with zero attached hydrogens (tertiary/aromatic N) is 1. The molecule has 1 fully saturated rings. The summed E-state index contributed by atoms with van der Waals surface area (Å²) < 4.78 is 6.75. The summed E-state index contributed by atoms with van der Waals surface area (Å²) in [7, 11) is 0. The Morgan fingerprint density at radius 2 is 1.94 bits per heavy atom. The Labute approximate surface area is 111 Å². The van der Waals surface area contributed by atoms with Gasteiger partial charge in [-0.05, 0) is 40.9 Å². The van der Waals surface area contributed by atoms with E-state index in [0.29, 0.717) is 6.61 Å². The number of benzene rings is 1. The van der Waals surface area contributed by atoms with Crippen molar-refractivity contribution in [3.63, 3.8) is 0 Å². The first kappa shape index (κ1) is 12.4. The molecule has 0 aromatic heterocycles. The van der Waals surface area contributed by atoms with Gasteiger partial charge in [0.15, 0.2) is 0 Å². The molecule has 0 unspecified atom stereocenters. The largest absolute Gasteiger partial charge is 0.491 e. The number of nitriles is 1. The van der Waals surface area contributed by atoms with E-state index < -0.39 is 0 Å². The zero-order valence-electron chi connectivity index (χ0n) is 9.79. The summed E-state index contributed by atoms with van der Waals surface area (Å²) in [6.07, 6.45) is 5.47. The molecule has 0 spiro atoms. The average molecular weight is 294 g/mol. The van der Waals surface area contributed by atoms with Gasteiger partial charge in [0, 0.05) is 0 Å². The number of ether oxygens (including phenoxy) is 1. The lowest BCUT2D eigenvalue weighted by Crippen LogP contribution is -2.29. The van der Waals surface area contributed by atoms with Crippen molar-refractivity contribution in [1.82, 2.24) is 0 Å². The first-order chi connectivity index (χ1) is 8.26. The number of halogens is 1. The highest BCUT2D eigenvalue weighted by atomic mass is 79.9. The van der Waals surface area contributed by atoms with Crippen molar-refractivity contribution in [3.05, 3.63) is 28.7 Å². The van der Waals surface area contributed by atoms with E-state index in [9.17, 15) is 5.26 Å². The van der Waals surface area contributed by atoms with Crippen LogP contribution in [-0.2, 0) is 0 Å². The van der Waals surface area contributed by atoms with Crippen LogP contribution in [0.3, 0.4) is 0 Å². The maximum absolute atomic E-state index is 9.35. The second-order valence-electron chi connectivity index (χ2n) is 4.67. The number of para-hydroxylation sites is 1. The minimum atomic E-state index is -0.270. The second-order valence-corrected chi connectivity index (χ2v) is 5.53. The molecule has 17 heavy (non-hydrogen) atoms. The van der Waals surface area contributed by atoms with E-state index >= 15 is 0 Å². The number of hydrogen-bond acceptors (Lipinski definition) is 2. The Morgan fingerprint density at radius 3 is 2.59 bits per heavy atom. The zero-order chi connectivity index (χ0) is 12.1. The number of rotatable bonds is 3. The summed E-state index contributed by atoms with van der Waals surface area (Å²) in [4.78, 5) is 0. The lowest BCUT2D eigenvalue weighted by Gasteiger charge is -2.30. The summed E-state index contributed by atoms with van der Waals surface area (Å²) in [5.41, 5.74) is -0.270. The first-order valence-corrected chi connectivity index (χ1v) is 6.84. The highest BCUT2D eigenvalue weighted by Gasteiger charge is 2.33. The van der Waals surface area contributed by atoms with Crippen molar-refractivity contribution in [2.45, 2.75) is 32.1 Å². The molecule has 1 aliphatic rings. The minimum Gasteiger partial charge on any atom is -0.491 e. The topological polar surface area (TPSA) is 33.0 Å². The SMILES string of the molecule is N#CC1(COc2ccccc2Br)CCCCC1. The average Bonchev–Trinajstić information content (AvgIpc) is 2.39. The van der Waals surface area contributed by atoms with Gasteiger partial charge in [-0.3, -0.25) is 0 Å². The van der Waals surface area contributed by atoms with Gasteiger partial charge in [0.1, 0.15) is 12.4 Å². The lowest BCUT2D eigenvalue weighted by molar-refractivity contribution is 0.150. The third kappa shape index (κ3) is 3.01. The first-order valence-electron chi connectivity index (χ1n) is 6.04. The Kier molecular flexibility index (Phi) is 4.06. The van der Waals surface area contributed by atoms with Gasteiger partial charge in [0.05, 0.1) is 16.0 Å². The van der Waals surface area contributed by atoms with E-state index in [1.165, 1.54) is 6.42 Å².